The first-order chi connectivity index (χ1) is 11.8. The van der Waals surface area contributed by atoms with Crippen LogP contribution in [0.1, 0.15) is 15.9 Å². The van der Waals surface area contributed by atoms with E-state index in [0.717, 1.165) is 16.3 Å². The zero-order valence-electron chi connectivity index (χ0n) is 13.8. The first-order valence-electron chi connectivity index (χ1n) is 7.62. The summed E-state index contributed by atoms with van der Waals surface area (Å²) in [6, 6.07) is 16.5. The van der Waals surface area contributed by atoms with Crippen LogP contribution in [0, 0.1) is 6.92 Å². The van der Waals surface area contributed by atoms with E-state index < -0.39 is 16.0 Å². The molecule has 0 spiro atoms. The van der Waals surface area contributed by atoms with E-state index in [4.69, 9.17) is 5.11 Å². The maximum atomic E-state index is 12.8. The number of anilines is 1. The van der Waals surface area contributed by atoms with Crippen LogP contribution in [0.5, 0.6) is 0 Å². The van der Waals surface area contributed by atoms with E-state index in [2.05, 4.69) is 0 Å². The van der Waals surface area contributed by atoms with Crippen molar-refractivity contribution in [3.05, 3.63) is 71.8 Å². The van der Waals surface area contributed by atoms with Crippen LogP contribution in [-0.4, -0.2) is 26.5 Å². The van der Waals surface area contributed by atoms with Gasteiger partial charge in [-0.25, -0.2) is 13.2 Å². The lowest BCUT2D eigenvalue weighted by atomic mass is 10.1. The Kier molecular flexibility index (Phi) is 4.22. The van der Waals surface area contributed by atoms with Crippen LogP contribution >= 0.6 is 0 Å². The Morgan fingerprint density at radius 3 is 2.16 bits per heavy atom. The summed E-state index contributed by atoms with van der Waals surface area (Å²) in [5.41, 5.74) is 1.69. The van der Waals surface area contributed by atoms with Gasteiger partial charge in [-0.1, -0.05) is 29.8 Å². The third kappa shape index (κ3) is 3.21. The molecule has 0 radical (unpaired) electrons. The van der Waals surface area contributed by atoms with Gasteiger partial charge in [-0.2, -0.15) is 0 Å². The van der Waals surface area contributed by atoms with Gasteiger partial charge in [0.1, 0.15) is 0 Å². The Bertz CT molecular complexity index is 1060. The van der Waals surface area contributed by atoms with Crippen molar-refractivity contribution < 1.29 is 18.3 Å². The number of carboxylic acids is 1. The van der Waals surface area contributed by atoms with E-state index in [-0.39, 0.29) is 10.5 Å². The normalized spacial score (nSPS) is 11.4. The second kappa shape index (κ2) is 6.22. The summed E-state index contributed by atoms with van der Waals surface area (Å²) in [7, 11) is -2.16. The van der Waals surface area contributed by atoms with Crippen molar-refractivity contribution in [2.75, 3.05) is 11.4 Å². The Hall–Kier alpha value is -2.86. The van der Waals surface area contributed by atoms with Crippen molar-refractivity contribution in [3.63, 3.8) is 0 Å². The minimum Gasteiger partial charge on any atom is -0.478 e. The molecule has 0 heterocycles. The maximum absolute atomic E-state index is 12.8. The molecule has 0 bridgehead atoms. The summed E-state index contributed by atoms with van der Waals surface area (Å²) in [6.45, 7) is 1.90. The molecule has 0 unspecified atom stereocenters. The van der Waals surface area contributed by atoms with Gasteiger partial charge in [-0.3, -0.25) is 4.31 Å². The van der Waals surface area contributed by atoms with E-state index in [1.54, 1.807) is 54.6 Å². The smallest absolute Gasteiger partial charge is 0.335 e. The molecule has 0 aliphatic heterocycles. The van der Waals surface area contributed by atoms with Crippen LogP contribution in [0.25, 0.3) is 10.8 Å². The molecule has 0 atom stereocenters. The molecule has 0 amide bonds. The van der Waals surface area contributed by atoms with Crippen molar-refractivity contribution in [1.29, 1.82) is 0 Å². The van der Waals surface area contributed by atoms with Gasteiger partial charge in [0.15, 0.2) is 0 Å². The van der Waals surface area contributed by atoms with E-state index in [9.17, 15) is 13.2 Å². The van der Waals surface area contributed by atoms with Gasteiger partial charge in [0.05, 0.1) is 16.1 Å². The van der Waals surface area contributed by atoms with Crippen molar-refractivity contribution in [2.24, 2.45) is 0 Å². The first-order valence-corrected chi connectivity index (χ1v) is 9.06. The van der Waals surface area contributed by atoms with Crippen molar-refractivity contribution in [3.8, 4) is 0 Å². The Labute approximate surface area is 146 Å². The second-order valence-electron chi connectivity index (χ2n) is 5.84. The molecule has 0 aliphatic carbocycles. The van der Waals surface area contributed by atoms with Crippen LogP contribution in [0.2, 0.25) is 0 Å². The van der Waals surface area contributed by atoms with Crippen LogP contribution in [0.15, 0.2) is 65.6 Å². The number of sulfonamides is 1. The highest BCUT2D eigenvalue weighted by Gasteiger charge is 2.21. The van der Waals surface area contributed by atoms with Crippen LogP contribution in [-0.2, 0) is 10.0 Å². The Morgan fingerprint density at radius 2 is 1.52 bits per heavy atom. The van der Waals surface area contributed by atoms with E-state index in [0.29, 0.717) is 5.69 Å². The van der Waals surface area contributed by atoms with Crippen LogP contribution in [0.3, 0.4) is 0 Å². The fraction of sp³-hybridized carbons (Fsp3) is 0.105. The lowest BCUT2D eigenvalue weighted by Crippen LogP contribution is -2.26. The van der Waals surface area contributed by atoms with E-state index >= 15 is 0 Å². The molecular formula is C19H17NO4S. The summed E-state index contributed by atoms with van der Waals surface area (Å²) in [5.74, 6) is -0.995. The predicted octanol–water partition coefficient (Wildman–Crippen LogP) is 3.67. The fourth-order valence-corrected chi connectivity index (χ4v) is 3.76. The average molecular weight is 355 g/mol. The summed E-state index contributed by atoms with van der Waals surface area (Å²) < 4.78 is 26.8. The zero-order chi connectivity index (χ0) is 18.2. The van der Waals surface area contributed by atoms with Gasteiger partial charge in [0.25, 0.3) is 10.0 Å². The van der Waals surface area contributed by atoms with Gasteiger partial charge in [-0.05, 0) is 54.1 Å². The highest BCUT2D eigenvalue weighted by atomic mass is 32.2. The molecule has 128 valence electrons. The molecule has 0 saturated heterocycles. The molecule has 0 aliphatic rings. The number of carboxylic acid groups (broad SMARTS) is 1. The largest absolute Gasteiger partial charge is 0.478 e. The van der Waals surface area contributed by atoms with Crippen molar-refractivity contribution in [1.82, 2.24) is 0 Å². The minimum atomic E-state index is -3.66. The molecule has 0 saturated carbocycles. The Balaban J connectivity index is 2.01. The summed E-state index contributed by atoms with van der Waals surface area (Å²) in [5, 5.41) is 10.6. The van der Waals surface area contributed by atoms with Gasteiger partial charge < -0.3 is 5.11 Å². The minimum absolute atomic E-state index is 0.195. The monoisotopic (exact) mass is 355 g/mol. The second-order valence-corrected chi connectivity index (χ2v) is 7.81. The number of aryl methyl sites for hydroxylation is 1. The number of rotatable bonds is 4. The zero-order valence-corrected chi connectivity index (χ0v) is 14.6. The van der Waals surface area contributed by atoms with Crippen molar-refractivity contribution >= 4 is 32.5 Å². The first kappa shape index (κ1) is 17.0. The van der Waals surface area contributed by atoms with Gasteiger partial charge >= 0.3 is 5.97 Å². The number of hydrogen-bond acceptors (Lipinski definition) is 3. The number of aromatic carboxylic acids is 1. The molecule has 25 heavy (non-hydrogen) atoms. The molecule has 3 aromatic carbocycles. The molecule has 0 fully saturated rings. The molecule has 1 N–H and O–H groups in total. The molecule has 5 nitrogen and oxygen atoms in total. The number of carbonyl (C=O) groups is 1. The SMILES string of the molecule is Cc1ccc(S(=O)(=O)N(C)c2ccc3cc(C(=O)O)ccc3c2)cc1. The lowest BCUT2D eigenvalue weighted by Gasteiger charge is -2.20. The topological polar surface area (TPSA) is 74.7 Å². The third-order valence-corrected chi connectivity index (χ3v) is 5.91. The highest BCUT2D eigenvalue weighted by Crippen LogP contribution is 2.26. The third-order valence-electron chi connectivity index (χ3n) is 4.11. The molecule has 6 heteroatoms. The Morgan fingerprint density at radius 1 is 0.920 bits per heavy atom. The lowest BCUT2D eigenvalue weighted by molar-refractivity contribution is 0.0697. The standard InChI is InChI=1S/C19H17NO4S/c1-13-3-9-18(10-4-13)25(23,24)20(2)17-8-7-14-11-16(19(21)22)6-5-15(14)12-17/h3-12H,1-2H3,(H,21,22). The molecule has 3 aromatic rings. The van der Waals surface area contributed by atoms with Gasteiger partial charge in [-0.15, -0.1) is 0 Å². The summed E-state index contributed by atoms with van der Waals surface area (Å²) in [4.78, 5) is 11.3. The number of benzene rings is 3. The van der Waals surface area contributed by atoms with Crippen LogP contribution in [0.4, 0.5) is 5.69 Å². The van der Waals surface area contributed by atoms with E-state index in [1.807, 2.05) is 6.92 Å². The summed E-state index contributed by atoms with van der Waals surface area (Å²) in [6.07, 6.45) is 0. The number of nitrogens with zero attached hydrogens (tertiary/aromatic N) is 1. The van der Waals surface area contributed by atoms with Gasteiger partial charge in [0, 0.05) is 7.05 Å². The highest BCUT2D eigenvalue weighted by molar-refractivity contribution is 7.92. The average Bonchev–Trinajstić information content (AvgIpc) is 2.60. The fourth-order valence-electron chi connectivity index (χ4n) is 2.57. The molecule has 0 aromatic heterocycles. The van der Waals surface area contributed by atoms with Crippen LogP contribution < -0.4 is 4.31 Å². The van der Waals surface area contributed by atoms with Gasteiger partial charge in [0.2, 0.25) is 0 Å². The quantitative estimate of drug-likeness (QED) is 0.775. The number of fused-ring (bicyclic) bond motifs is 1. The molecule has 3 rings (SSSR count). The van der Waals surface area contributed by atoms with E-state index in [1.165, 1.54) is 17.4 Å². The number of hydrogen-bond donors (Lipinski definition) is 1. The maximum Gasteiger partial charge on any atom is 0.335 e. The molecular weight excluding hydrogens is 338 g/mol. The predicted molar refractivity (Wildman–Crippen MR) is 97.7 cm³/mol. The summed E-state index contributed by atoms with van der Waals surface area (Å²) >= 11 is 0. The van der Waals surface area contributed by atoms with Crippen molar-refractivity contribution in [2.45, 2.75) is 11.8 Å².